The Bertz CT molecular complexity index is 506. The van der Waals surface area contributed by atoms with Crippen molar-refractivity contribution in [1.82, 2.24) is 9.80 Å². The van der Waals surface area contributed by atoms with Crippen molar-refractivity contribution in [3.8, 4) is 11.8 Å². The van der Waals surface area contributed by atoms with Crippen LogP contribution in [0.1, 0.15) is 33.6 Å². The van der Waals surface area contributed by atoms with Crippen LogP contribution in [0.5, 0.6) is 0 Å². The third-order valence-corrected chi connectivity index (χ3v) is 5.73. The third-order valence-electron chi connectivity index (χ3n) is 3.81. The Morgan fingerprint density at radius 2 is 2.00 bits per heavy atom. The molecule has 1 amide bonds. The Labute approximate surface area is 170 Å². The van der Waals surface area contributed by atoms with Crippen LogP contribution in [0.3, 0.4) is 0 Å². The Morgan fingerprint density at radius 1 is 1.39 bits per heavy atom. The molecular weight excluding hydrogens is 683 g/mol. The molecule has 0 bridgehead atoms. The summed E-state index contributed by atoms with van der Waals surface area (Å²) in [7, 11) is 1.99. The van der Waals surface area contributed by atoms with Crippen molar-refractivity contribution in [3.05, 3.63) is 0 Å². The van der Waals surface area contributed by atoms with Gasteiger partial charge >= 0.3 is 172 Å². The van der Waals surface area contributed by atoms with Gasteiger partial charge in [0.15, 0.2) is 0 Å². The fourth-order valence-corrected chi connectivity index (χ4v) is 3.86. The molecule has 2 unspecified atom stereocenters. The van der Waals surface area contributed by atoms with E-state index in [4.69, 9.17) is 0 Å². The number of carboxylic acid groups (broad SMARTS) is 1. The van der Waals surface area contributed by atoms with Gasteiger partial charge in [-0.15, -0.1) is 0 Å². The second kappa shape index (κ2) is 9.13. The number of aliphatic carboxylic acids is 1. The minimum absolute atomic E-state index is 0.0226. The van der Waals surface area contributed by atoms with E-state index in [0.717, 1.165) is 58.0 Å². The third kappa shape index (κ3) is 6.98. The van der Waals surface area contributed by atoms with Crippen LogP contribution < -0.4 is 0 Å². The second-order valence-electron chi connectivity index (χ2n) is 6.96. The summed E-state index contributed by atoms with van der Waals surface area (Å²) in [6.07, 6.45) is 1.31. The number of hydrogen-bond donors (Lipinski definition) is 1. The summed E-state index contributed by atoms with van der Waals surface area (Å²) in [6.45, 7) is 7.39. The van der Waals surface area contributed by atoms with E-state index in [2.05, 4.69) is 37.5 Å². The first-order chi connectivity index (χ1) is 10.5. The topological polar surface area (TPSA) is 60.9 Å². The number of amides is 1. The van der Waals surface area contributed by atoms with Crippen LogP contribution in [0.2, 0.25) is 1.04 Å². The van der Waals surface area contributed by atoms with Crippen LogP contribution in [0.4, 0.5) is 0 Å². The number of nitrogens with zero attached hydrogens (tertiary/aromatic N) is 2. The quantitative estimate of drug-likeness (QED) is 0.342. The molecule has 0 aromatic rings. The first-order valence-corrected chi connectivity index (χ1v) is 12.2. The first-order valence-electron chi connectivity index (χ1n) is 7.68. The molecule has 0 aromatic heterocycles. The molecule has 1 saturated heterocycles. The Kier molecular flexibility index (Phi) is 8.47. The number of carbonyl (C=O) groups is 2. The summed E-state index contributed by atoms with van der Waals surface area (Å²) >= 11 is 1.62. The van der Waals surface area contributed by atoms with Crippen molar-refractivity contribution in [2.75, 3.05) is 20.1 Å². The van der Waals surface area contributed by atoms with E-state index in [1.165, 1.54) is 0 Å². The van der Waals surface area contributed by atoms with Crippen LogP contribution in [-0.2, 0) is 9.59 Å². The molecule has 6 radical (unpaired) electrons. The van der Waals surface area contributed by atoms with Gasteiger partial charge in [-0.2, -0.15) is 0 Å². The average molecular weight is 707 g/mol. The molecule has 23 heavy (non-hydrogen) atoms. The Hall–Kier alpha value is 0.304. The zero-order valence-electron chi connectivity index (χ0n) is 14.2. The van der Waals surface area contributed by atoms with Gasteiger partial charge in [-0.1, -0.05) is 0 Å². The van der Waals surface area contributed by atoms with Crippen LogP contribution >= 0.6 is 0 Å². The maximum atomic E-state index is 12.3. The van der Waals surface area contributed by atoms with Crippen molar-refractivity contribution < 1.29 is 14.7 Å². The Morgan fingerprint density at radius 3 is 2.48 bits per heavy atom. The zero-order valence-corrected chi connectivity index (χ0v) is 22.0. The predicted octanol–water partition coefficient (Wildman–Crippen LogP) is 0.495. The van der Waals surface area contributed by atoms with Crippen LogP contribution in [-0.4, -0.2) is 111 Å². The summed E-state index contributed by atoms with van der Waals surface area (Å²) in [5.74, 6) is 5.54. The van der Waals surface area contributed by atoms with Gasteiger partial charge < -0.3 is 0 Å². The van der Waals surface area contributed by atoms with E-state index in [-0.39, 0.29) is 18.4 Å². The van der Waals surface area contributed by atoms with E-state index >= 15 is 0 Å². The number of carbonyl (C=O) groups excluding carboxylic acids is 1. The molecule has 0 saturated carbocycles. The van der Waals surface area contributed by atoms with E-state index in [1.807, 2.05) is 7.05 Å². The van der Waals surface area contributed by atoms with E-state index in [0.29, 0.717) is 19.5 Å². The first kappa shape index (κ1) is 21.3. The summed E-state index contributed by atoms with van der Waals surface area (Å²) in [6, 6.07) is -0.527. The standard InChI is InChI=1S/C16H24N2O3.2Pb/c1-12(19)18-10-7-13(11-14(18)15(20)21)17(5)9-6-8-16(2,3)4;;/h1,13-14H,7,9-11H2,2-5H3,(H,20,21);;. The molecule has 2 atom stereocenters. The number of likely N-dealkylation sites (tertiary alicyclic amines) is 1. The molecule has 0 spiro atoms. The molecule has 1 N–H and O–H groups in total. The molecule has 1 rings (SSSR count). The Balaban J connectivity index is 2.73. The van der Waals surface area contributed by atoms with Crippen LogP contribution in [0.15, 0.2) is 0 Å². The molecule has 1 aliphatic heterocycles. The van der Waals surface area contributed by atoms with Gasteiger partial charge in [0, 0.05) is 0 Å². The van der Waals surface area contributed by atoms with Gasteiger partial charge in [0.05, 0.1) is 0 Å². The molecule has 0 aliphatic carbocycles. The summed E-state index contributed by atoms with van der Waals surface area (Å²) < 4.78 is 0.101. The van der Waals surface area contributed by atoms with Gasteiger partial charge in [-0.25, -0.2) is 0 Å². The van der Waals surface area contributed by atoms with Crippen LogP contribution in [0, 0.1) is 17.3 Å². The average Bonchev–Trinajstić information content (AvgIpc) is 2.44. The molecule has 124 valence electrons. The van der Waals surface area contributed by atoms with Gasteiger partial charge in [0.25, 0.3) is 0 Å². The minimum atomic E-state index is -0.888. The molecule has 0 aromatic carbocycles. The van der Waals surface area contributed by atoms with Crippen LogP contribution in [0.25, 0.3) is 0 Å². The van der Waals surface area contributed by atoms with Gasteiger partial charge in [-0.05, 0) is 0 Å². The number of piperidine rings is 1. The molecule has 5 nitrogen and oxygen atoms in total. The summed E-state index contributed by atoms with van der Waals surface area (Å²) in [5.41, 5.74) is -0.0226. The summed E-state index contributed by atoms with van der Waals surface area (Å²) in [5, 5.41) is 9.50. The van der Waals surface area contributed by atoms with Crippen molar-refractivity contribution in [2.24, 2.45) is 5.41 Å². The predicted molar refractivity (Wildman–Crippen MR) is 91.3 cm³/mol. The number of carboxylic acids is 1. The van der Waals surface area contributed by atoms with Crippen molar-refractivity contribution in [1.29, 1.82) is 0 Å². The van der Waals surface area contributed by atoms with E-state index in [1.54, 1.807) is 4.90 Å². The number of hydrogen-bond acceptors (Lipinski definition) is 3. The molecule has 1 heterocycles. The van der Waals surface area contributed by atoms with Gasteiger partial charge in [0.2, 0.25) is 0 Å². The second-order valence-corrected chi connectivity index (χ2v) is 20.2. The molecule has 7 heteroatoms. The monoisotopic (exact) mass is 708 g/mol. The van der Waals surface area contributed by atoms with E-state index < -0.39 is 12.0 Å². The van der Waals surface area contributed by atoms with E-state index in [9.17, 15) is 14.7 Å². The van der Waals surface area contributed by atoms with Crippen molar-refractivity contribution in [3.63, 3.8) is 0 Å². The van der Waals surface area contributed by atoms with Crippen molar-refractivity contribution >= 4 is 63.4 Å². The van der Waals surface area contributed by atoms with Crippen molar-refractivity contribution in [2.45, 2.75) is 46.7 Å². The maximum absolute atomic E-state index is 12.3. The fourth-order valence-electron chi connectivity index (χ4n) is 2.57. The number of rotatable bonds is 4. The van der Waals surface area contributed by atoms with Gasteiger partial charge in [-0.3, -0.25) is 0 Å². The summed E-state index contributed by atoms with van der Waals surface area (Å²) in [4.78, 5) is 27.6. The zero-order chi connectivity index (χ0) is 17.8. The van der Waals surface area contributed by atoms with Gasteiger partial charge in [0.1, 0.15) is 0 Å². The fraction of sp³-hybridized carbons (Fsp3) is 0.750. The molecular formula is C16H24N2O3Pb2. The SMILES string of the molecule is CN(CC#CC(C)(C)C)C1CCN(C(=O)[CH]([Pb])[Pb])C(C(=O)O)C1. The molecule has 1 fully saturated rings. The normalized spacial score (nSPS) is 22.0. The molecule has 1 aliphatic rings.